The van der Waals surface area contributed by atoms with Crippen molar-refractivity contribution in [3.05, 3.63) is 24.3 Å². The van der Waals surface area contributed by atoms with Crippen molar-refractivity contribution >= 4 is 11.9 Å². The third kappa shape index (κ3) is 65.5. The molecule has 3 N–H and O–H groups in total. The van der Waals surface area contributed by atoms with E-state index in [2.05, 4.69) is 31.3 Å². The van der Waals surface area contributed by atoms with E-state index in [9.17, 15) is 19.8 Å². The molecule has 6 nitrogen and oxygen atoms in total. The number of rotatable bonds is 69. The first-order chi connectivity index (χ1) is 39.5. The Morgan fingerprint density at radius 2 is 0.588 bits per heavy atom. The average molecular weight is 1130 g/mol. The molecule has 0 rings (SSSR count). The predicted octanol–water partition coefficient (Wildman–Crippen LogP) is 23.7. The van der Waals surface area contributed by atoms with E-state index < -0.39 is 12.1 Å². The number of carbonyl (C=O) groups excluding carboxylic acids is 2. The smallest absolute Gasteiger partial charge is 0.305 e. The van der Waals surface area contributed by atoms with Crippen LogP contribution in [0.4, 0.5) is 0 Å². The molecule has 0 aromatic rings. The lowest BCUT2D eigenvalue weighted by Gasteiger charge is -2.20. The van der Waals surface area contributed by atoms with Crippen molar-refractivity contribution in [1.29, 1.82) is 0 Å². The van der Waals surface area contributed by atoms with Crippen LogP contribution in [0, 0.1) is 0 Å². The molecule has 2 atom stereocenters. The molecule has 2 unspecified atom stereocenters. The van der Waals surface area contributed by atoms with E-state index >= 15 is 0 Å². The summed E-state index contributed by atoms with van der Waals surface area (Å²) in [7, 11) is 0. The van der Waals surface area contributed by atoms with Gasteiger partial charge in [-0.15, -0.1) is 0 Å². The quantitative estimate of drug-likeness (QED) is 0.0320. The van der Waals surface area contributed by atoms with Gasteiger partial charge in [-0.2, -0.15) is 0 Å². The largest absolute Gasteiger partial charge is 0.466 e. The summed E-state index contributed by atoms with van der Waals surface area (Å²) in [4.78, 5) is 24.6. The van der Waals surface area contributed by atoms with Crippen LogP contribution in [-0.4, -0.2) is 47.4 Å². The van der Waals surface area contributed by atoms with Crippen LogP contribution in [0.1, 0.15) is 412 Å². The highest BCUT2D eigenvalue weighted by Gasteiger charge is 2.18. The number of amides is 1. The molecule has 1 amide bonds. The Bertz CT molecular complexity index is 1250. The minimum atomic E-state index is -0.844. The molecule has 0 heterocycles. The topological polar surface area (TPSA) is 95.9 Å². The third-order valence-corrected chi connectivity index (χ3v) is 17.2. The highest BCUT2D eigenvalue weighted by molar-refractivity contribution is 5.76. The lowest BCUT2D eigenvalue weighted by molar-refractivity contribution is -0.143. The number of aliphatic hydroxyl groups is 2. The lowest BCUT2D eigenvalue weighted by atomic mass is 10.0. The van der Waals surface area contributed by atoms with E-state index in [-0.39, 0.29) is 18.5 Å². The zero-order valence-electron chi connectivity index (χ0n) is 54.3. The molecule has 0 aliphatic rings. The second-order valence-corrected chi connectivity index (χ2v) is 25.3. The van der Waals surface area contributed by atoms with Gasteiger partial charge in [-0.05, 0) is 57.8 Å². The van der Waals surface area contributed by atoms with Crippen molar-refractivity contribution in [2.24, 2.45) is 0 Å². The van der Waals surface area contributed by atoms with Crippen LogP contribution in [0.5, 0.6) is 0 Å². The summed E-state index contributed by atoms with van der Waals surface area (Å²) in [5, 5.41) is 23.3. The van der Waals surface area contributed by atoms with E-state index in [4.69, 9.17) is 4.74 Å². The monoisotopic (exact) mass is 1130 g/mol. The number of hydrogen-bond acceptors (Lipinski definition) is 5. The first-order valence-electron chi connectivity index (χ1n) is 36.6. The highest BCUT2D eigenvalue weighted by Crippen LogP contribution is 2.19. The molecule has 0 aliphatic carbocycles. The van der Waals surface area contributed by atoms with E-state index in [1.165, 1.54) is 340 Å². The SMILES string of the molecule is CCCCCCCC/C=C\CCCCCCCCCC(=O)OCCCCCCCCCCCCCCCCCCCCCCCCCCCCC(=O)NC(CO)C(O)/C=C/CCCCCCCCCCCCCCCCCCCC. The van der Waals surface area contributed by atoms with E-state index in [1.54, 1.807) is 6.08 Å². The van der Waals surface area contributed by atoms with Crippen LogP contribution in [-0.2, 0) is 14.3 Å². The Morgan fingerprint density at radius 1 is 0.338 bits per heavy atom. The number of allylic oxidation sites excluding steroid dienone is 3. The van der Waals surface area contributed by atoms with Gasteiger partial charge in [-0.25, -0.2) is 0 Å². The molecular formula is C74H143NO5. The lowest BCUT2D eigenvalue weighted by Crippen LogP contribution is -2.45. The molecule has 0 fully saturated rings. The summed E-state index contributed by atoms with van der Waals surface area (Å²) in [6.45, 7) is 4.94. The molecule has 474 valence electrons. The fourth-order valence-corrected chi connectivity index (χ4v) is 11.6. The number of nitrogens with one attached hydrogen (secondary N) is 1. The highest BCUT2D eigenvalue weighted by atomic mass is 16.5. The molecule has 0 aromatic heterocycles. The molecule has 80 heavy (non-hydrogen) atoms. The van der Waals surface area contributed by atoms with Gasteiger partial charge in [-0.1, -0.05) is 366 Å². The summed E-state index contributed by atoms with van der Waals surface area (Å²) in [5.74, 6) is -0.0472. The maximum atomic E-state index is 12.5. The van der Waals surface area contributed by atoms with Gasteiger partial charge < -0.3 is 20.3 Å². The molecule has 0 saturated heterocycles. The van der Waals surface area contributed by atoms with Crippen LogP contribution in [0.2, 0.25) is 0 Å². The van der Waals surface area contributed by atoms with Gasteiger partial charge in [-0.3, -0.25) is 9.59 Å². The number of unbranched alkanes of at least 4 members (excludes halogenated alkanes) is 56. The van der Waals surface area contributed by atoms with Gasteiger partial charge in [0.05, 0.1) is 25.4 Å². The summed E-state index contributed by atoms with van der Waals surface area (Å²) in [6.07, 6.45) is 88.4. The normalized spacial score (nSPS) is 12.6. The van der Waals surface area contributed by atoms with Gasteiger partial charge >= 0.3 is 5.97 Å². The summed E-state index contributed by atoms with van der Waals surface area (Å²) in [6, 6.07) is -0.627. The molecular weight excluding hydrogens is 983 g/mol. The van der Waals surface area contributed by atoms with Crippen molar-refractivity contribution in [1.82, 2.24) is 5.32 Å². The maximum absolute atomic E-state index is 12.5. The van der Waals surface area contributed by atoms with Crippen LogP contribution in [0.3, 0.4) is 0 Å². The zero-order valence-corrected chi connectivity index (χ0v) is 54.3. The van der Waals surface area contributed by atoms with Gasteiger partial charge in [0.25, 0.3) is 0 Å². The second-order valence-electron chi connectivity index (χ2n) is 25.3. The van der Waals surface area contributed by atoms with Gasteiger partial charge in [0.15, 0.2) is 0 Å². The average Bonchev–Trinajstić information content (AvgIpc) is 3.46. The van der Waals surface area contributed by atoms with Crippen molar-refractivity contribution < 1.29 is 24.5 Å². The summed E-state index contributed by atoms with van der Waals surface area (Å²) in [5.41, 5.74) is 0. The van der Waals surface area contributed by atoms with Gasteiger partial charge in [0, 0.05) is 12.8 Å². The van der Waals surface area contributed by atoms with Crippen molar-refractivity contribution in [3.63, 3.8) is 0 Å². The Labute approximate surface area is 501 Å². The second kappa shape index (κ2) is 69.8. The molecule has 0 bridgehead atoms. The first kappa shape index (κ1) is 78.3. The molecule has 0 spiro atoms. The Kier molecular flexibility index (Phi) is 68.4. The van der Waals surface area contributed by atoms with Crippen molar-refractivity contribution in [2.45, 2.75) is 424 Å². The maximum Gasteiger partial charge on any atom is 0.305 e. The number of esters is 1. The standard InChI is InChI=1S/C74H143NO5/c1-3-5-7-9-11-13-15-17-19-21-22-31-35-38-42-46-50-54-58-62-66-72(77)71(70-76)75-73(78)67-63-59-55-51-47-43-39-36-32-29-27-25-23-24-26-28-30-33-37-41-45-49-53-57-61-65-69-80-74(79)68-64-60-56-52-48-44-40-34-20-18-16-14-12-10-8-6-4-2/h18,20,62,66,71-72,76-77H,3-17,19,21-61,63-65,67-70H2,1-2H3,(H,75,78)/b20-18-,66-62+. The van der Waals surface area contributed by atoms with E-state index in [0.717, 1.165) is 44.9 Å². The Balaban J connectivity index is 3.37. The third-order valence-electron chi connectivity index (χ3n) is 17.2. The number of hydrogen-bond donors (Lipinski definition) is 3. The van der Waals surface area contributed by atoms with E-state index in [1.807, 2.05) is 6.08 Å². The predicted molar refractivity (Wildman–Crippen MR) is 352 cm³/mol. The Hall–Kier alpha value is -1.66. The van der Waals surface area contributed by atoms with Crippen LogP contribution in [0.15, 0.2) is 24.3 Å². The number of aliphatic hydroxyl groups excluding tert-OH is 2. The molecule has 0 aliphatic heterocycles. The summed E-state index contributed by atoms with van der Waals surface area (Å²) >= 11 is 0. The van der Waals surface area contributed by atoms with Crippen LogP contribution < -0.4 is 5.32 Å². The number of ether oxygens (including phenoxy) is 1. The molecule has 0 saturated carbocycles. The number of carbonyl (C=O) groups is 2. The van der Waals surface area contributed by atoms with E-state index in [0.29, 0.717) is 19.4 Å². The molecule has 0 radical (unpaired) electrons. The fraction of sp³-hybridized carbons (Fsp3) is 0.919. The van der Waals surface area contributed by atoms with Crippen molar-refractivity contribution in [3.8, 4) is 0 Å². The fourth-order valence-electron chi connectivity index (χ4n) is 11.6. The zero-order chi connectivity index (χ0) is 57.8. The first-order valence-corrected chi connectivity index (χ1v) is 36.6. The summed E-state index contributed by atoms with van der Waals surface area (Å²) < 4.78 is 5.50. The molecule has 0 aromatic carbocycles. The van der Waals surface area contributed by atoms with Gasteiger partial charge in [0.1, 0.15) is 0 Å². The molecule has 6 heteroatoms. The van der Waals surface area contributed by atoms with Crippen LogP contribution >= 0.6 is 0 Å². The Morgan fingerprint density at radius 3 is 0.887 bits per heavy atom. The van der Waals surface area contributed by atoms with Crippen molar-refractivity contribution in [2.75, 3.05) is 13.2 Å². The van der Waals surface area contributed by atoms with Crippen LogP contribution in [0.25, 0.3) is 0 Å². The minimum Gasteiger partial charge on any atom is -0.466 e. The van der Waals surface area contributed by atoms with Gasteiger partial charge in [0.2, 0.25) is 5.91 Å². The minimum absolute atomic E-state index is 0.0144.